The van der Waals surface area contributed by atoms with Crippen molar-refractivity contribution in [3.63, 3.8) is 0 Å². The standard InChI is InChI=1S/C14H15ClF6N2.ClH/c15-11-2-1-9(14(19,20)21)7-10(11)12(8-13(16,17)18)23-5-3-22-4-6-23;/h1-2,7,12,22H,3-6,8H2;1H/t12-;/m1./s1. The Morgan fingerprint density at radius 1 is 1.08 bits per heavy atom. The molecule has 0 aliphatic carbocycles. The molecular weight excluding hydrogens is 381 g/mol. The lowest BCUT2D eigenvalue weighted by Gasteiger charge is -2.36. The Morgan fingerprint density at radius 2 is 1.67 bits per heavy atom. The van der Waals surface area contributed by atoms with E-state index in [0.29, 0.717) is 26.2 Å². The van der Waals surface area contributed by atoms with Crippen LogP contribution in [-0.4, -0.2) is 37.3 Å². The van der Waals surface area contributed by atoms with Crippen LogP contribution in [-0.2, 0) is 6.18 Å². The lowest BCUT2D eigenvalue weighted by Crippen LogP contribution is -2.46. The van der Waals surface area contributed by atoms with Gasteiger partial charge in [0.2, 0.25) is 0 Å². The maximum atomic E-state index is 12.9. The summed E-state index contributed by atoms with van der Waals surface area (Å²) < 4.78 is 77.3. The molecule has 1 heterocycles. The summed E-state index contributed by atoms with van der Waals surface area (Å²) >= 11 is 5.91. The van der Waals surface area contributed by atoms with Gasteiger partial charge in [0, 0.05) is 37.2 Å². The van der Waals surface area contributed by atoms with Gasteiger partial charge in [0.15, 0.2) is 0 Å². The number of halogens is 8. The van der Waals surface area contributed by atoms with E-state index in [1.165, 1.54) is 4.90 Å². The van der Waals surface area contributed by atoms with Crippen LogP contribution in [0.3, 0.4) is 0 Å². The summed E-state index contributed by atoms with van der Waals surface area (Å²) in [7, 11) is 0. The normalized spacial score (nSPS) is 18.1. The van der Waals surface area contributed by atoms with E-state index in [-0.39, 0.29) is 23.0 Å². The molecule has 1 saturated heterocycles. The summed E-state index contributed by atoms with van der Waals surface area (Å²) in [5.41, 5.74) is -1.14. The van der Waals surface area contributed by atoms with Gasteiger partial charge in [-0.15, -0.1) is 12.4 Å². The van der Waals surface area contributed by atoms with Crippen molar-refractivity contribution in [1.82, 2.24) is 10.2 Å². The summed E-state index contributed by atoms with van der Waals surface area (Å²) in [6.45, 7) is 1.58. The smallest absolute Gasteiger partial charge is 0.314 e. The largest absolute Gasteiger partial charge is 0.416 e. The summed E-state index contributed by atoms with van der Waals surface area (Å²) in [5.74, 6) is 0. The van der Waals surface area contributed by atoms with E-state index in [2.05, 4.69) is 5.32 Å². The Labute approximate surface area is 146 Å². The summed E-state index contributed by atoms with van der Waals surface area (Å²) in [6, 6.07) is 1.27. The highest BCUT2D eigenvalue weighted by molar-refractivity contribution is 6.31. The number of nitrogens with one attached hydrogen (secondary N) is 1. The maximum absolute atomic E-state index is 12.9. The Morgan fingerprint density at radius 3 is 2.17 bits per heavy atom. The van der Waals surface area contributed by atoms with E-state index in [1.807, 2.05) is 0 Å². The molecule has 0 aromatic heterocycles. The molecule has 1 aliphatic rings. The zero-order valence-electron chi connectivity index (χ0n) is 12.3. The Kier molecular flexibility index (Phi) is 7.22. The van der Waals surface area contributed by atoms with Crippen molar-refractivity contribution in [2.75, 3.05) is 26.2 Å². The van der Waals surface area contributed by atoms with Crippen LogP contribution >= 0.6 is 24.0 Å². The van der Waals surface area contributed by atoms with Crippen molar-refractivity contribution >= 4 is 24.0 Å². The zero-order valence-corrected chi connectivity index (χ0v) is 13.9. The first-order chi connectivity index (χ1) is 10.6. The number of piperazine rings is 1. The van der Waals surface area contributed by atoms with Crippen LogP contribution in [0.1, 0.15) is 23.6 Å². The summed E-state index contributed by atoms with van der Waals surface area (Å²) in [4.78, 5) is 1.52. The second-order valence-electron chi connectivity index (χ2n) is 5.36. The second kappa shape index (κ2) is 8.12. The van der Waals surface area contributed by atoms with Gasteiger partial charge in [0.1, 0.15) is 0 Å². The average Bonchev–Trinajstić information content (AvgIpc) is 2.44. The van der Waals surface area contributed by atoms with Crippen molar-refractivity contribution in [1.29, 1.82) is 0 Å². The molecule has 1 fully saturated rings. The molecule has 1 aromatic rings. The van der Waals surface area contributed by atoms with Crippen molar-refractivity contribution in [2.24, 2.45) is 0 Å². The van der Waals surface area contributed by atoms with E-state index in [0.717, 1.165) is 18.2 Å². The predicted molar refractivity (Wildman–Crippen MR) is 81.6 cm³/mol. The fourth-order valence-electron chi connectivity index (χ4n) is 2.62. The molecular formula is C14H16Cl2F6N2. The first-order valence-electron chi connectivity index (χ1n) is 6.96. The average molecular weight is 397 g/mol. The van der Waals surface area contributed by atoms with Crippen LogP contribution in [0, 0.1) is 0 Å². The van der Waals surface area contributed by atoms with Gasteiger partial charge in [-0.25, -0.2) is 0 Å². The van der Waals surface area contributed by atoms with Gasteiger partial charge in [-0.3, -0.25) is 4.90 Å². The minimum absolute atomic E-state index is 0. The quantitative estimate of drug-likeness (QED) is 0.746. The minimum atomic E-state index is -4.63. The third-order valence-electron chi connectivity index (χ3n) is 3.70. The fraction of sp³-hybridized carbons (Fsp3) is 0.571. The number of alkyl halides is 6. The monoisotopic (exact) mass is 396 g/mol. The molecule has 24 heavy (non-hydrogen) atoms. The van der Waals surface area contributed by atoms with Crippen molar-refractivity contribution in [2.45, 2.75) is 24.8 Å². The number of benzene rings is 1. The van der Waals surface area contributed by atoms with E-state index in [4.69, 9.17) is 11.6 Å². The highest BCUT2D eigenvalue weighted by Crippen LogP contribution is 2.40. The molecule has 1 N–H and O–H groups in total. The Balaban J connectivity index is 0.00000288. The first kappa shape index (κ1) is 21.3. The van der Waals surface area contributed by atoms with Gasteiger partial charge < -0.3 is 5.32 Å². The minimum Gasteiger partial charge on any atom is -0.314 e. The van der Waals surface area contributed by atoms with Crippen LogP contribution in [0.2, 0.25) is 5.02 Å². The van der Waals surface area contributed by atoms with E-state index >= 15 is 0 Å². The molecule has 1 aromatic carbocycles. The molecule has 0 bridgehead atoms. The highest BCUT2D eigenvalue weighted by atomic mass is 35.5. The zero-order chi connectivity index (χ0) is 17.3. The lowest BCUT2D eigenvalue weighted by molar-refractivity contribution is -0.148. The van der Waals surface area contributed by atoms with Gasteiger partial charge >= 0.3 is 12.4 Å². The molecule has 2 rings (SSSR count). The Hall–Kier alpha value is -0.700. The molecule has 0 saturated carbocycles. The van der Waals surface area contributed by atoms with Crippen molar-refractivity contribution in [3.8, 4) is 0 Å². The van der Waals surface area contributed by atoms with Crippen LogP contribution in [0.5, 0.6) is 0 Å². The van der Waals surface area contributed by atoms with E-state index < -0.39 is 30.4 Å². The lowest BCUT2D eigenvalue weighted by atomic mass is 9.98. The number of nitrogens with zero attached hydrogens (tertiary/aromatic N) is 1. The molecule has 138 valence electrons. The highest BCUT2D eigenvalue weighted by Gasteiger charge is 2.38. The van der Waals surface area contributed by atoms with Crippen LogP contribution < -0.4 is 5.32 Å². The molecule has 1 aliphatic heterocycles. The number of hydrogen-bond acceptors (Lipinski definition) is 2. The van der Waals surface area contributed by atoms with E-state index in [1.54, 1.807) is 0 Å². The van der Waals surface area contributed by atoms with Gasteiger partial charge in [0.25, 0.3) is 0 Å². The van der Waals surface area contributed by atoms with Crippen LogP contribution in [0.15, 0.2) is 18.2 Å². The maximum Gasteiger partial charge on any atom is 0.416 e. The predicted octanol–water partition coefficient (Wildman–Crippen LogP) is 4.68. The number of hydrogen-bond donors (Lipinski definition) is 1. The molecule has 0 unspecified atom stereocenters. The van der Waals surface area contributed by atoms with Gasteiger partial charge in [0.05, 0.1) is 12.0 Å². The number of rotatable bonds is 3. The fourth-order valence-corrected chi connectivity index (χ4v) is 2.87. The third-order valence-corrected chi connectivity index (χ3v) is 4.04. The van der Waals surface area contributed by atoms with Gasteiger partial charge in [-0.05, 0) is 23.8 Å². The topological polar surface area (TPSA) is 15.3 Å². The van der Waals surface area contributed by atoms with Crippen molar-refractivity contribution < 1.29 is 26.3 Å². The van der Waals surface area contributed by atoms with Gasteiger partial charge in [-0.1, -0.05) is 11.6 Å². The molecule has 2 nitrogen and oxygen atoms in total. The molecule has 10 heteroatoms. The first-order valence-corrected chi connectivity index (χ1v) is 7.34. The molecule has 0 amide bonds. The van der Waals surface area contributed by atoms with E-state index in [9.17, 15) is 26.3 Å². The van der Waals surface area contributed by atoms with Crippen LogP contribution in [0.4, 0.5) is 26.3 Å². The van der Waals surface area contributed by atoms with Gasteiger partial charge in [-0.2, -0.15) is 26.3 Å². The SMILES string of the molecule is Cl.FC(F)(F)C[C@H](c1cc(C(F)(F)F)ccc1Cl)N1CCNCC1. The summed E-state index contributed by atoms with van der Waals surface area (Å²) in [6.07, 6.45) is -10.4. The summed E-state index contributed by atoms with van der Waals surface area (Å²) in [5, 5.41) is 2.91. The Bertz CT molecular complexity index is 541. The molecule has 0 radical (unpaired) electrons. The van der Waals surface area contributed by atoms with Crippen LogP contribution in [0.25, 0.3) is 0 Å². The van der Waals surface area contributed by atoms with Crippen molar-refractivity contribution in [3.05, 3.63) is 34.3 Å². The second-order valence-corrected chi connectivity index (χ2v) is 5.76. The third kappa shape index (κ3) is 5.68. The molecule has 1 atom stereocenters. The molecule has 0 spiro atoms.